The molecule has 1 atom stereocenters. The second-order valence-corrected chi connectivity index (χ2v) is 6.65. The second kappa shape index (κ2) is 8.14. The zero-order chi connectivity index (χ0) is 19.4. The fraction of sp³-hybridized carbons (Fsp3) is 0.238. The van der Waals surface area contributed by atoms with E-state index in [2.05, 4.69) is 15.3 Å². The van der Waals surface area contributed by atoms with Gasteiger partial charge in [-0.15, -0.1) is 0 Å². The zero-order valence-corrected chi connectivity index (χ0v) is 15.7. The van der Waals surface area contributed by atoms with Crippen LogP contribution >= 0.6 is 0 Å². The topological polar surface area (TPSA) is 50.2 Å². The number of hydrogen-bond acceptors (Lipinski definition) is 3. The molecule has 0 spiro atoms. The fourth-order valence-corrected chi connectivity index (χ4v) is 3.00. The highest BCUT2D eigenvalue weighted by Gasteiger charge is 2.18. The second-order valence-electron chi connectivity index (χ2n) is 6.65. The minimum absolute atomic E-state index is 0.0694. The van der Waals surface area contributed by atoms with Crippen molar-refractivity contribution in [2.45, 2.75) is 6.04 Å². The maximum atomic E-state index is 13.1. The van der Waals surface area contributed by atoms with Gasteiger partial charge in [0.05, 0.1) is 11.7 Å². The van der Waals surface area contributed by atoms with Crippen LogP contribution in [0.25, 0.3) is 11.3 Å². The maximum Gasteiger partial charge on any atom is 0.269 e. The van der Waals surface area contributed by atoms with Crippen LogP contribution in [0, 0.1) is 5.82 Å². The molecule has 5 nitrogen and oxygen atoms in total. The van der Waals surface area contributed by atoms with Crippen LogP contribution in [0.4, 0.5) is 4.39 Å². The Morgan fingerprint density at radius 1 is 1.15 bits per heavy atom. The lowest BCUT2D eigenvalue weighted by atomic mass is 10.1. The van der Waals surface area contributed by atoms with Crippen molar-refractivity contribution in [3.63, 3.8) is 0 Å². The lowest BCUT2D eigenvalue weighted by molar-refractivity contribution is 0.0932. The van der Waals surface area contributed by atoms with Crippen LogP contribution in [0.1, 0.15) is 22.1 Å². The molecule has 0 unspecified atom stereocenters. The van der Waals surface area contributed by atoms with Crippen LogP contribution in [-0.2, 0) is 7.05 Å². The summed E-state index contributed by atoms with van der Waals surface area (Å²) in [6, 6.07) is 17.9. The van der Waals surface area contributed by atoms with Crippen LogP contribution in [0.3, 0.4) is 0 Å². The van der Waals surface area contributed by atoms with Crippen LogP contribution < -0.4 is 5.32 Å². The molecule has 0 bridgehead atoms. The Morgan fingerprint density at radius 2 is 1.81 bits per heavy atom. The van der Waals surface area contributed by atoms with E-state index in [9.17, 15) is 9.18 Å². The first-order chi connectivity index (χ1) is 13.0. The van der Waals surface area contributed by atoms with E-state index in [0.717, 1.165) is 11.1 Å². The first-order valence-electron chi connectivity index (χ1n) is 8.75. The van der Waals surface area contributed by atoms with Gasteiger partial charge in [0, 0.05) is 19.2 Å². The number of halogens is 1. The summed E-state index contributed by atoms with van der Waals surface area (Å²) < 4.78 is 14.6. The van der Waals surface area contributed by atoms with E-state index < -0.39 is 0 Å². The minimum Gasteiger partial charge on any atom is -0.349 e. The molecule has 3 aromatic rings. The van der Waals surface area contributed by atoms with Crippen molar-refractivity contribution in [3.05, 3.63) is 77.7 Å². The van der Waals surface area contributed by atoms with Crippen molar-refractivity contribution in [3.8, 4) is 11.3 Å². The van der Waals surface area contributed by atoms with E-state index in [1.807, 2.05) is 44.4 Å². The molecule has 0 aliphatic rings. The first-order valence-corrected chi connectivity index (χ1v) is 8.75. The molecule has 1 N–H and O–H groups in total. The van der Waals surface area contributed by atoms with Crippen molar-refractivity contribution >= 4 is 5.91 Å². The van der Waals surface area contributed by atoms with Crippen molar-refractivity contribution in [1.82, 2.24) is 20.0 Å². The zero-order valence-electron chi connectivity index (χ0n) is 15.7. The summed E-state index contributed by atoms with van der Waals surface area (Å²) in [6.45, 7) is 0.479. The van der Waals surface area contributed by atoms with Gasteiger partial charge >= 0.3 is 0 Å². The number of hydrogen-bond donors (Lipinski definition) is 1. The molecule has 0 saturated heterocycles. The predicted octanol–water partition coefficient (Wildman–Crippen LogP) is 3.26. The third-order valence-corrected chi connectivity index (χ3v) is 4.52. The van der Waals surface area contributed by atoms with E-state index in [-0.39, 0.29) is 17.8 Å². The van der Waals surface area contributed by atoms with E-state index >= 15 is 0 Å². The van der Waals surface area contributed by atoms with E-state index in [4.69, 9.17) is 0 Å². The SMILES string of the molecule is CN(C)[C@@H](CNC(=O)c1cc(-c2ccc(F)cc2)nn1C)c1ccccc1. The monoisotopic (exact) mass is 366 g/mol. The normalized spacial score (nSPS) is 12.2. The van der Waals surface area contributed by atoms with Gasteiger partial charge in [-0.3, -0.25) is 9.48 Å². The quantitative estimate of drug-likeness (QED) is 0.729. The van der Waals surface area contributed by atoms with Crippen LogP contribution in [0.15, 0.2) is 60.7 Å². The average Bonchev–Trinajstić information content (AvgIpc) is 3.05. The molecule has 1 heterocycles. The van der Waals surface area contributed by atoms with Crippen LogP contribution in [0.2, 0.25) is 0 Å². The number of aryl methyl sites for hydroxylation is 1. The molecule has 6 heteroatoms. The first kappa shape index (κ1) is 18.8. The molecule has 0 aliphatic heterocycles. The predicted molar refractivity (Wildman–Crippen MR) is 104 cm³/mol. The lowest BCUT2D eigenvalue weighted by Crippen LogP contribution is -2.35. The van der Waals surface area contributed by atoms with Gasteiger partial charge in [0.15, 0.2) is 0 Å². The minimum atomic E-state index is -0.303. The number of nitrogens with one attached hydrogen (secondary N) is 1. The summed E-state index contributed by atoms with van der Waals surface area (Å²) in [4.78, 5) is 14.7. The third kappa shape index (κ3) is 4.41. The average molecular weight is 366 g/mol. The highest BCUT2D eigenvalue weighted by Crippen LogP contribution is 2.20. The smallest absolute Gasteiger partial charge is 0.269 e. The van der Waals surface area contributed by atoms with Crippen molar-refractivity contribution in [2.75, 3.05) is 20.6 Å². The fourth-order valence-electron chi connectivity index (χ4n) is 3.00. The number of rotatable bonds is 6. The van der Waals surface area contributed by atoms with Gasteiger partial charge in [-0.1, -0.05) is 30.3 Å². The largest absolute Gasteiger partial charge is 0.349 e. The molecule has 3 rings (SSSR count). The Hall–Kier alpha value is -2.99. The van der Waals surface area contributed by atoms with Gasteiger partial charge < -0.3 is 10.2 Å². The summed E-state index contributed by atoms with van der Waals surface area (Å²) in [5, 5.41) is 7.37. The number of aromatic nitrogens is 2. The summed E-state index contributed by atoms with van der Waals surface area (Å²) in [7, 11) is 5.70. The number of carbonyl (C=O) groups excluding carboxylic acids is 1. The molecule has 1 aromatic heterocycles. The van der Waals surface area contributed by atoms with Crippen LogP contribution in [0.5, 0.6) is 0 Å². The standard InChI is InChI=1S/C21H23FN4O/c1-25(2)20(16-7-5-4-6-8-16)14-23-21(27)19-13-18(24-26(19)3)15-9-11-17(22)12-10-15/h4-13,20H,14H2,1-3H3,(H,23,27)/t20-/m0/s1. The summed E-state index contributed by atoms with van der Waals surface area (Å²) in [5.74, 6) is -0.496. The van der Waals surface area contributed by atoms with E-state index in [1.54, 1.807) is 29.9 Å². The Bertz CT molecular complexity index is 904. The molecular weight excluding hydrogens is 343 g/mol. The molecule has 0 aliphatic carbocycles. The van der Waals surface area contributed by atoms with Crippen molar-refractivity contribution in [1.29, 1.82) is 0 Å². The Morgan fingerprint density at radius 3 is 2.44 bits per heavy atom. The highest BCUT2D eigenvalue weighted by atomic mass is 19.1. The number of benzene rings is 2. The molecule has 0 radical (unpaired) electrons. The lowest BCUT2D eigenvalue weighted by Gasteiger charge is -2.25. The molecule has 1 amide bonds. The van der Waals surface area contributed by atoms with Gasteiger partial charge in [-0.2, -0.15) is 5.10 Å². The highest BCUT2D eigenvalue weighted by molar-refractivity contribution is 5.93. The summed E-state index contributed by atoms with van der Waals surface area (Å²) in [5.41, 5.74) is 3.00. The van der Waals surface area contributed by atoms with Crippen molar-refractivity contribution in [2.24, 2.45) is 7.05 Å². The van der Waals surface area contributed by atoms with Crippen LogP contribution in [-0.4, -0.2) is 41.2 Å². The van der Waals surface area contributed by atoms with E-state index in [0.29, 0.717) is 17.9 Å². The number of likely N-dealkylation sites (N-methyl/N-ethyl adjacent to an activating group) is 1. The number of amides is 1. The molecule has 0 saturated carbocycles. The van der Waals surface area contributed by atoms with Gasteiger partial charge in [0.2, 0.25) is 0 Å². The van der Waals surface area contributed by atoms with E-state index in [1.165, 1.54) is 12.1 Å². The third-order valence-electron chi connectivity index (χ3n) is 4.52. The van der Waals surface area contributed by atoms with Crippen molar-refractivity contribution < 1.29 is 9.18 Å². The van der Waals surface area contributed by atoms with Gasteiger partial charge in [0.25, 0.3) is 5.91 Å². The maximum absolute atomic E-state index is 13.1. The summed E-state index contributed by atoms with van der Waals surface area (Å²) >= 11 is 0. The summed E-state index contributed by atoms with van der Waals surface area (Å²) in [6.07, 6.45) is 0. The molecule has 2 aromatic carbocycles. The van der Waals surface area contributed by atoms with Gasteiger partial charge in [-0.25, -0.2) is 4.39 Å². The van der Waals surface area contributed by atoms with Gasteiger partial charge in [0.1, 0.15) is 11.5 Å². The molecular formula is C21H23FN4O. The Kier molecular flexibility index (Phi) is 5.66. The molecule has 0 fully saturated rings. The van der Waals surface area contributed by atoms with Gasteiger partial charge in [-0.05, 0) is 50.0 Å². The Labute approximate surface area is 158 Å². The number of nitrogens with zero attached hydrogens (tertiary/aromatic N) is 3. The molecule has 27 heavy (non-hydrogen) atoms. The Balaban J connectivity index is 1.73. The number of carbonyl (C=O) groups is 1. The molecule has 140 valence electrons.